The molecule has 3 rings (SSSR count). The van der Waals surface area contributed by atoms with Gasteiger partial charge in [0.1, 0.15) is 5.69 Å². The van der Waals surface area contributed by atoms with Crippen LogP contribution in [-0.4, -0.2) is 26.5 Å². The summed E-state index contributed by atoms with van der Waals surface area (Å²) in [7, 11) is 9.63. The topological polar surface area (TPSA) is 50.9 Å². The number of benzene rings is 1. The molecule has 3 aromatic rings. The summed E-state index contributed by atoms with van der Waals surface area (Å²) in [5.41, 5.74) is 3.72. The zero-order valence-electron chi connectivity index (χ0n) is 12.0. The SMILES string of the molecule is OCCn1nc(-c2ccccn2)cc1-c1ccccc1.[Cl][Pd][Cl]. The fraction of sp³-hybridized carbons (Fsp3) is 0.125. The Morgan fingerprint density at radius 2 is 1.70 bits per heavy atom. The zero-order valence-corrected chi connectivity index (χ0v) is 15.1. The van der Waals surface area contributed by atoms with E-state index in [1.54, 1.807) is 6.20 Å². The van der Waals surface area contributed by atoms with Crippen LogP contribution in [0, 0.1) is 0 Å². The fourth-order valence-corrected chi connectivity index (χ4v) is 2.16. The molecular weight excluding hydrogens is 428 g/mol. The van der Waals surface area contributed by atoms with Crippen LogP contribution < -0.4 is 0 Å². The van der Waals surface area contributed by atoms with Gasteiger partial charge in [-0.15, -0.1) is 0 Å². The van der Waals surface area contributed by atoms with Gasteiger partial charge in [-0.25, -0.2) is 0 Å². The molecule has 0 aliphatic carbocycles. The van der Waals surface area contributed by atoms with E-state index in [0.717, 1.165) is 22.6 Å². The van der Waals surface area contributed by atoms with Crippen molar-refractivity contribution in [2.75, 3.05) is 6.61 Å². The fourth-order valence-electron chi connectivity index (χ4n) is 2.16. The first kappa shape index (κ1) is 18.1. The minimum atomic E-state index is -0.106. The van der Waals surface area contributed by atoms with Crippen molar-refractivity contribution in [3.63, 3.8) is 0 Å². The van der Waals surface area contributed by atoms with E-state index in [9.17, 15) is 5.11 Å². The maximum atomic E-state index is 9.19. The van der Waals surface area contributed by atoms with Crippen molar-refractivity contribution in [3.05, 3.63) is 60.8 Å². The van der Waals surface area contributed by atoms with Gasteiger partial charge in [0.2, 0.25) is 0 Å². The predicted molar refractivity (Wildman–Crippen MR) is 89.7 cm³/mol. The normalized spacial score (nSPS) is 10.2. The molecule has 0 amide bonds. The van der Waals surface area contributed by atoms with Crippen LogP contribution in [0.4, 0.5) is 0 Å². The summed E-state index contributed by atoms with van der Waals surface area (Å²) >= 11 is -0.106. The van der Waals surface area contributed by atoms with Crippen LogP contribution in [0.5, 0.6) is 0 Å². The van der Waals surface area contributed by atoms with Crippen molar-refractivity contribution >= 4 is 19.1 Å². The molecule has 7 heteroatoms. The molecule has 23 heavy (non-hydrogen) atoms. The van der Waals surface area contributed by atoms with Gasteiger partial charge in [-0.3, -0.25) is 9.67 Å². The average Bonchev–Trinajstić information content (AvgIpc) is 3.02. The number of aliphatic hydroxyl groups excluding tert-OH is 1. The van der Waals surface area contributed by atoms with Crippen LogP contribution in [0.3, 0.4) is 0 Å². The number of aromatic nitrogens is 3. The van der Waals surface area contributed by atoms with Crippen molar-refractivity contribution in [2.45, 2.75) is 6.54 Å². The Balaban J connectivity index is 0.000000595. The molecule has 0 bridgehead atoms. The van der Waals surface area contributed by atoms with Gasteiger partial charge in [0.15, 0.2) is 0 Å². The summed E-state index contributed by atoms with van der Waals surface area (Å²) in [5, 5.41) is 13.7. The quantitative estimate of drug-likeness (QED) is 0.622. The number of rotatable bonds is 4. The summed E-state index contributed by atoms with van der Waals surface area (Å²) < 4.78 is 1.82. The molecule has 0 unspecified atom stereocenters. The zero-order chi connectivity index (χ0) is 16.5. The molecular formula is C16H15Cl2N3OPd. The third-order valence-corrected chi connectivity index (χ3v) is 3.09. The molecule has 0 aliphatic heterocycles. The Bertz CT molecular complexity index is 708. The molecule has 0 atom stereocenters. The van der Waals surface area contributed by atoms with Crippen molar-refractivity contribution in [1.82, 2.24) is 14.8 Å². The second kappa shape index (κ2) is 9.82. The molecule has 0 spiro atoms. The molecule has 1 aromatic carbocycles. The molecule has 124 valence electrons. The van der Waals surface area contributed by atoms with Crippen LogP contribution in [-0.2, 0) is 22.5 Å². The number of pyridine rings is 1. The summed E-state index contributed by atoms with van der Waals surface area (Å²) in [6, 6.07) is 17.8. The van der Waals surface area contributed by atoms with Crippen molar-refractivity contribution < 1.29 is 21.0 Å². The van der Waals surface area contributed by atoms with Gasteiger partial charge in [-0.05, 0) is 23.8 Å². The summed E-state index contributed by atoms with van der Waals surface area (Å²) in [5.74, 6) is 0. The first-order valence-corrected chi connectivity index (χ1v) is 10.8. The van der Waals surface area contributed by atoms with E-state index in [2.05, 4.69) is 10.1 Å². The predicted octanol–water partition coefficient (Wildman–Crippen LogP) is 3.98. The van der Waals surface area contributed by atoms with Crippen LogP contribution in [0.25, 0.3) is 22.6 Å². The van der Waals surface area contributed by atoms with Gasteiger partial charge in [0.25, 0.3) is 0 Å². The van der Waals surface area contributed by atoms with Crippen LogP contribution in [0.2, 0.25) is 0 Å². The number of halogens is 2. The van der Waals surface area contributed by atoms with E-state index in [4.69, 9.17) is 19.1 Å². The van der Waals surface area contributed by atoms with Crippen LogP contribution in [0.15, 0.2) is 60.8 Å². The standard InChI is InChI=1S/C16H15N3O.2ClH.Pd/c20-11-10-19-16(13-6-2-1-3-7-13)12-15(18-19)14-8-4-5-9-17-14;;;/h1-9,12,20H,10-11H2;2*1H;/q;;;+2/p-2. The Kier molecular flexibility index (Phi) is 7.74. The van der Waals surface area contributed by atoms with E-state index >= 15 is 0 Å². The number of nitrogens with zero attached hydrogens (tertiary/aromatic N) is 3. The summed E-state index contributed by atoms with van der Waals surface area (Å²) in [6.45, 7) is 0.528. The van der Waals surface area contributed by atoms with E-state index in [0.29, 0.717) is 6.54 Å². The Morgan fingerprint density at radius 1 is 1.00 bits per heavy atom. The Morgan fingerprint density at radius 3 is 2.30 bits per heavy atom. The minimum absolute atomic E-state index is 0.0587. The van der Waals surface area contributed by atoms with Crippen molar-refractivity contribution in [1.29, 1.82) is 0 Å². The van der Waals surface area contributed by atoms with Gasteiger partial charge in [0, 0.05) is 6.20 Å². The van der Waals surface area contributed by atoms with Gasteiger partial charge in [-0.2, -0.15) is 5.10 Å². The molecule has 0 saturated carbocycles. The molecule has 1 N–H and O–H groups in total. The van der Waals surface area contributed by atoms with Gasteiger partial charge >= 0.3 is 35.0 Å². The first-order valence-electron chi connectivity index (χ1n) is 6.78. The van der Waals surface area contributed by atoms with E-state index < -0.39 is 0 Å². The second-order valence-electron chi connectivity index (χ2n) is 4.49. The average molecular weight is 443 g/mol. The molecule has 0 saturated heterocycles. The summed E-state index contributed by atoms with van der Waals surface area (Å²) in [6.07, 6.45) is 1.75. The molecule has 2 heterocycles. The van der Waals surface area contributed by atoms with Crippen molar-refractivity contribution in [2.24, 2.45) is 0 Å². The van der Waals surface area contributed by atoms with Gasteiger partial charge < -0.3 is 5.11 Å². The Labute approximate surface area is 151 Å². The molecule has 0 radical (unpaired) electrons. The second-order valence-corrected chi connectivity index (χ2v) is 6.85. The first-order chi connectivity index (χ1) is 11.3. The third kappa shape index (κ3) is 5.14. The van der Waals surface area contributed by atoms with Crippen molar-refractivity contribution in [3.8, 4) is 22.6 Å². The number of hydrogen-bond donors (Lipinski definition) is 1. The molecule has 0 aliphatic rings. The number of hydrogen-bond acceptors (Lipinski definition) is 3. The van der Waals surface area contributed by atoms with Crippen LogP contribution in [0.1, 0.15) is 0 Å². The monoisotopic (exact) mass is 441 g/mol. The van der Waals surface area contributed by atoms with Gasteiger partial charge in [-0.1, -0.05) is 36.4 Å². The van der Waals surface area contributed by atoms with Crippen LogP contribution >= 0.6 is 19.1 Å². The van der Waals surface area contributed by atoms with E-state index in [1.807, 2.05) is 59.3 Å². The Hall–Kier alpha value is -1.22. The van der Waals surface area contributed by atoms with E-state index in [1.165, 1.54) is 0 Å². The molecule has 2 aromatic heterocycles. The third-order valence-electron chi connectivity index (χ3n) is 3.09. The molecule has 0 fully saturated rings. The molecule has 4 nitrogen and oxygen atoms in total. The maximum absolute atomic E-state index is 9.19. The van der Waals surface area contributed by atoms with Gasteiger partial charge in [0.05, 0.1) is 24.5 Å². The summed E-state index contributed by atoms with van der Waals surface area (Å²) in [4.78, 5) is 4.32. The van der Waals surface area contributed by atoms with E-state index in [-0.39, 0.29) is 22.5 Å². The number of aliphatic hydroxyl groups is 1.